The summed E-state index contributed by atoms with van der Waals surface area (Å²) in [7, 11) is 0. The maximum Gasteiger partial charge on any atom is 0.252 e. The van der Waals surface area contributed by atoms with E-state index in [2.05, 4.69) is 41.2 Å². The molecule has 2 aromatic heterocycles. The predicted octanol–water partition coefficient (Wildman–Crippen LogP) is 3.94. The van der Waals surface area contributed by atoms with E-state index in [0.717, 1.165) is 0 Å². The van der Waals surface area contributed by atoms with Crippen LogP contribution in [0.2, 0.25) is 5.02 Å². The Hall–Kier alpha value is -5.00. The SMILES string of the molecule is CC(CC(=Nc1cccnc1)NC#N)CC(N=C(NC#N)Nc1cccnc1)NC(=O)c1ccc(Cl)cc1. The Balaban J connectivity index is 1.83. The summed E-state index contributed by atoms with van der Waals surface area (Å²) in [5.41, 5.74) is 1.61. The number of hydrogen-bond acceptors (Lipinski definition) is 7. The average Bonchev–Trinajstić information content (AvgIpc) is 2.90. The molecule has 0 aliphatic carbocycles. The minimum atomic E-state index is -0.741. The highest BCUT2D eigenvalue weighted by Gasteiger charge is 2.19. The largest absolute Gasteiger partial charge is 0.330 e. The molecule has 2 atom stereocenters. The Morgan fingerprint density at radius 2 is 1.74 bits per heavy atom. The molecule has 192 valence electrons. The molecule has 38 heavy (non-hydrogen) atoms. The summed E-state index contributed by atoms with van der Waals surface area (Å²) in [6.45, 7) is 1.95. The zero-order valence-electron chi connectivity index (χ0n) is 20.5. The molecule has 2 unspecified atom stereocenters. The van der Waals surface area contributed by atoms with Gasteiger partial charge >= 0.3 is 0 Å². The van der Waals surface area contributed by atoms with Crippen LogP contribution >= 0.6 is 11.6 Å². The van der Waals surface area contributed by atoms with E-state index in [1.807, 2.05) is 19.3 Å². The zero-order chi connectivity index (χ0) is 27.2. The zero-order valence-corrected chi connectivity index (χ0v) is 21.2. The first-order valence-electron chi connectivity index (χ1n) is 11.6. The van der Waals surface area contributed by atoms with Gasteiger partial charge in [-0.05, 0) is 60.9 Å². The van der Waals surface area contributed by atoms with Crippen LogP contribution in [0.3, 0.4) is 0 Å². The van der Waals surface area contributed by atoms with E-state index in [4.69, 9.17) is 11.6 Å². The lowest BCUT2D eigenvalue weighted by atomic mass is 10.0. The first kappa shape index (κ1) is 27.6. The number of halogens is 1. The number of nitriles is 2. The van der Waals surface area contributed by atoms with Crippen LogP contribution in [0.15, 0.2) is 83.3 Å². The van der Waals surface area contributed by atoms with Crippen molar-refractivity contribution in [2.45, 2.75) is 25.9 Å². The van der Waals surface area contributed by atoms with Gasteiger partial charge in [0.05, 0.1) is 23.8 Å². The lowest BCUT2D eigenvalue weighted by Crippen LogP contribution is -2.39. The first-order chi connectivity index (χ1) is 18.5. The van der Waals surface area contributed by atoms with E-state index in [1.165, 1.54) is 0 Å². The maximum absolute atomic E-state index is 13.0. The summed E-state index contributed by atoms with van der Waals surface area (Å²) in [6.07, 6.45) is 10.2. The van der Waals surface area contributed by atoms with Crippen LogP contribution in [0, 0.1) is 28.8 Å². The number of nitrogens with zero attached hydrogens (tertiary/aromatic N) is 6. The van der Waals surface area contributed by atoms with Crippen molar-refractivity contribution in [1.29, 1.82) is 10.5 Å². The van der Waals surface area contributed by atoms with Gasteiger partial charge in [0.2, 0.25) is 5.96 Å². The second-order valence-electron chi connectivity index (χ2n) is 8.13. The standard InChI is InChI=1S/C26H25ClN10O/c1-18(12-23(32-16-28)34-21-4-2-10-30-14-21)13-24(36-25(38)19-6-8-20(27)9-7-19)37-26(33-17-29)35-22-5-3-11-31-15-22/h2-11,14-15,18,24H,12-13H2,1H3,(H,32,34)(H,36,38)(H2,33,35,37). The van der Waals surface area contributed by atoms with Crippen LogP contribution in [0.1, 0.15) is 30.1 Å². The normalized spacial score (nSPS) is 12.8. The second kappa shape index (κ2) is 14.5. The Kier molecular flexibility index (Phi) is 10.5. The molecule has 0 fully saturated rings. The summed E-state index contributed by atoms with van der Waals surface area (Å²) >= 11 is 5.95. The van der Waals surface area contributed by atoms with Crippen LogP contribution in [0.5, 0.6) is 0 Å². The van der Waals surface area contributed by atoms with Gasteiger partial charge in [-0.25, -0.2) is 9.98 Å². The number of pyridine rings is 2. The minimum Gasteiger partial charge on any atom is -0.330 e. The molecule has 0 spiro atoms. The summed E-state index contributed by atoms with van der Waals surface area (Å²) in [5, 5.41) is 30.0. The maximum atomic E-state index is 13.0. The van der Waals surface area contributed by atoms with Crippen molar-refractivity contribution in [3.05, 3.63) is 83.9 Å². The van der Waals surface area contributed by atoms with Crippen molar-refractivity contribution >= 4 is 40.7 Å². The molecule has 3 rings (SSSR count). The third kappa shape index (κ3) is 9.22. The second-order valence-corrected chi connectivity index (χ2v) is 8.57. The molecule has 0 saturated carbocycles. The molecule has 1 amide bonds. The fourth-order valence-corrected chi connectivity index (χ4v) is 3.54. The number of anilines is 1. The smallest absolute Gasteiger partial charge is 0.252 e. The number of amidine groups is 1. The van der Waals surface area contributed by atoms with E-state index in [9.17, 15) is 15.3 Å². The van der Waals surface area contributed by atoms with Crippen LogP contribution < -0.4 is 21.3 Å². The molecule has 2 heterocycles. The summed E-state index contributed by atoms with van der Waals surface area (Å²) < 4.78 is 0. The minimum absolute atomic E-state index is 0.0905. The molecule has 12 heteroatoms. The fraction of sp³-hybridized carbons (Fsp3) is 0.192. The van der Waals surface area contributed by atoms with Gasteiger partial charge < -0.3 is 10.6 Å². The molecule has 0 aliphatic heterocycles. The third-order valence-electron chi connectivity index (χ3n) is 5.07. The predicted molar refractivity (Wildman–Crippen MR) is 145 cm³/mol. The average molecular weight is 529 g/mol. The Labute approximate surface area is 225 Å². The van der Waals surface area contributed by atoms with Gasteiger partial charge in [-0.2, -0.15) is 10.5 Å². The van der Waals surface area contributed by atoms with Gasteiger partial charge in [0.25, 0.3) is 5.91 Å². The lowest BCUT2D eigenvalue weighted by molar-refractivity contribution is 0.0933. The van der Waals surface area contributed by atoms with Gasteiger partial charge in [-0.15, -0.1) is 0 Å². The topological polar surface area (TPSA) is 163 Å². The van der Waals surface area contributed by atoms with Crippen LogP contribution in [-0.2, 0) is 0 Å². The molecule has 0 radical (unpaired) electrons. The molecular formula is C26H25ClN10O. The molecule has 3 aromatic rings. The first-order valence-corrected chi connectivity index (χ1v) is 11.9. The Morgan fingerprint density at radius 3 is 2.37 bits per heavy atom. The van der Waals surface area contributed by atoms with E-state index < -0.39 is 6.17 Å². The Morgan fingerprint density at radius 1 is 1.03 bits per heavy atom. The van der Waals surface area contributed by atoms with E-state index in [0.29, 0.717) is 40.6 Å². The number of rotatable bonds is 9. The molecule has 11 nitrogen and oxygen atoms in total. The van der Waals surface area contributed by atoms with E-state index >= 15 is 0 Å². The monoisotopic (exact) mass is 528 g/mol. The number of aromatic nitrogens is 2. The summed E-state index contributed by atoms with van der Waals surface area (Å²) in [5.74, 6) is 0.129. The molecule has 0 aliphatic rings. The van der Waals surface area contributed by atoms with E-state index in [-0.39, 0.29) is 17.8 Å². The van der Waals surface area contributed by atoms with Crippen LogP contribution in [-0.4, -0.2) is 33.8 Å². The highest BCUT2D eigenvalue weighted by atomic mass is 35.5. The molecular weight excluding hydrogens is 504 g/mol. The van der Waals surface area contributed by atoms with Gasteiger partial charge in [-0.1, -0.05) is 18.5 Å². The number of benzene rings is 1. The van der Waals surface area contributed by atoms with Crippen molar-refractivity contribution in [1.82, 2.24) is 25.9 Å². The van der Waals surface area contributed by atoms with Crippen molar-refractivity contribution in [3.63, 3.8) is 0 Å². The number of hydrogen-bond donors (Lipinski definition) is 4. The molecule has 0 bridgehead atoms. The summed E-state index contributed by atoms with van der Waals surface area (Å²) in [4.78, 5) is 30.1. The quantitative estimate of drug-likeness (QED) is 0.140. The highest BCUT2D eigenvalue weighted by molar-refractivity contribution is 6.30. The Bertz CT molecular complexity index is 1330. The number of aliphatic imine (C=N–C) groups is 2. The van der Waals surface area contributed by atoms with Crippen molar-refractivity contribution in [3.8, 4) is 12.4 Å². The number of nitrogens with one attached hydrogen (secondary N) is 4. The van der Waals surface area contributed by atoms with Crippen molar-refractivity contribution in [2.75, 3.05) is 5.32 Å². The van der Waals surface area contributed by atoms with Crippen LogP contribution in [0.25, 0.3) is 0 Å². The van der Waals surface area contributed by atoms with E-state index in [1.54, 1.807) is 73.3 Å². The summed E-state index contributed by atoms with van der Waals surface area (Å²) in [6, 6.07) is 13.5. The number of guanidine groups is 1. The van der Waals surface area contributed by atoms with Crippen molar-refractivity contribution in [2.24, 2.45) is 15.9 Å². The van der Waals surface area contributed by atoms with Crippen molar-refractivity contribution < 1.29 is 4.79 Å². The van der Waals surface area contributed by atoms with Gasteiger partial charge in [0.15, 0.2) is 12.4 Å². The van der Waals surface area contributed by atoms with Crippen LogP contribution in [0.4, 0.5) is 11.4 Å². The molecule has 0 saturated heterocycles. The number of carbonyl (C=O) groups is 1. The van der Waals surface area contributed by atoms with Gasteiger partial charge in [-0.3, -0.25) is 25.4 Å². The lowest BCUT2D eigenvalue weighted by Gasteiger charge is -2.21. The highest BCUT2D eigenvalue weighted by Crippen LogP contribution is 2.17. The van der Waals surface area contributed by atoms with Gasteiger partial charge in [0.1, 0.15) is 12.0 Å². The third-order valence-corrected chi connectivity index (χ3v) is 5.32. The fourth-order valence-electron chi connectivity index (χ4n) is 3.42. The molecule has 4 N–H and O–H groups in total. The van der Waals surface area contributed by atoms with Gasteiger partial charge in [0, 0.05) is 29.4 Å². The number of amides is 1. The molecule has 1 aromatic carbocycles. The number of carbonyl (C=O) groups excluding carboxylic acids is 1.